The van der Waals surface area contributed by atoms with E-state index in [-0.39, 0.29) is 0 Å². The van der Waals surface area contributed by atoms with E-state index in [1.807, 2.05) is 5.38 Å². The van der Waals surface area contributed by atoms with Gasteiger partial charge in [-0.15, -0.1) is 11.3 Å². The Kier molecular flexibility index (Phi) is 3.68. The molecule has 0 fully saturated rings. The van der Waals surface area contributed by atoms with Crippen LogP contribution in [-0.2, 0) is 6.42 Å². The number of thiazole rings is 1. The highest BCUT2D eigenvalue weighted by Crippen LogP contribution is 2.25. The highest BCUT2D eigenvalue weighted by atomic mass is 79.9. The number of aliphatic hydroxyl groups excluding tert-OH is 1. The first-order chi connectivity index (χ1) is 7.66. The number of hydrogen-bond donors (Lipinski definition) is 1. The van der Waals surface area contributed by atoms with Crippen LogP contribution >= 0.6 is 27.3 Å². The Balaban J connectivity index is 2.20. The summed E-state index contributed by atoms with van der Waals surface area (Å²) in [6.07, 6.45) is 1.15. The van der Waals surface area contributed by atoms with Crippen molar-refractivity contribution < 1.29 is 9.50 Å². The summed E-state index contributed by atoms with van der Waals surface area (Å²) in [5.41, 5.74) is 0.296. The van der Waals surface area contributed by atoms with Crippen molar-refractivity contribution in [3.8, 4) is 0 Å². The molecule has 5 heteroatoms. The molecule has 0 aliphatic rings. The lowest BCUT2D eigenvalue weighted by atomic mass is 10.1. The number of benzene rings is 1. The van der Waals surface area contributed by atoms with E-state index < -0.39 is 11.9 Å². The van der Waals surface area contributed by atoms with Crippen molar-refractivity contribution >= 4 is 27.3 Å². The third kappa shape index (κ3) is 2.66. The Morgan fingerprint density at radius 1 is 1.50 bits per heavy atom. The van der Waals surface area contributed by atoms with Gasteiger partial charge >= 0.3 is 0 Å². The van der Waals surface area contributed by atoms with Crippen molar-refractivity contribution in [3.63, 3.8) is 0 Å². The van der Waals surface area contributed by atoms with Gasteiger partial charge in [0.05, 0.1) is 11.1 Å². The zero-order valence-electron chi connectivity index (χ0n) is 8.23. The Morgan fingerprint density at radius 3 is 3.00 bits per heavy atom. The van der Waals surface area contributed by atoms with Crippen LogP contribution in [0.3, 0.4) is 0 Å². The van der Waals surface area contributed by atoms with Crippen molar-refractivity contribution in [1.82, 2.24) is 4.98 Å². The van der Waals surface area contributed by atoms with E-state index in [1.165, 1.54) is 17.4 Å². The highest BCUT2D eigenvalue weighted by molar-refractivity contribution is 9.10. The molecule has 2 rings (SSSR count). The summed E-state index contributed by atoms with van der Waals surface area (Å²) in [7, 11) is 0. The second kappa shape index (κ2) is 5.03. The van der Waals surface area contributed by atoms with Crippen molar-refractivity contribution in [1.29, 1.82) is 0 Å². The van der Waals surface area contributed by atoms with Crippen LogP contribution in [-0.4, -0.2) is 10.1 Å². The average Bonchev–Trinajstić information content (AvgIpc) is 2.74. The summed E-state index contributed by atoms with van der Waals surface area (Å²) in [6.45, 7) is 0. The van der Waals surface area contributed by atoms with E-state index in [0.717, 1.165) is 9.48 Å². The lowest BCUT2D eigenvalue weighted by Gasteiger charge is -2.10. The lowest BCUT2D eigenvalue weighted by molar-refractivity contribution is 0.173. The summed E-state index contributed by atoms with van der Waals surface area (Å²) in [4.78, 5) is 4.06. The second-order valence-electron chi connectivity index (χ2n) is 3.31. The molecule has 2 nitrogen and oxygen atoms in total. The van der Waals surface area contributed by atoms with Crippen molar-refractivity contribution in [2.45, 2.75) is 12.5 Å². The fraction of sp³-hybridized carbons (Fsp3) is 0.182. The molecule has 0 aliphatic carbocycles. The molecular weight excluding hydrogens is 293 g/mol. The van der Waals surface area contributed by atoms with Crippen LogP contribution < -0.4 is 0 Å². The quantitative estimate of drug-likeness (QED) is 0.943. The molecule has 2 aromatic rings. The Labute approximate surface area is 105 Å². The normalized spacial score (nSPS) is 12.7. The molecule has 0 radical (unpaired) electrons. The zero-order valence-corrected chi connectivity index (χ0v) is 10.6. The van der Waals surface area contributed by atoms with Gasteiger partial charge in [-0.3, -0.25) is 0 Å². The molecule has 0 bridgehead atoms. The van der Waals surface area contributed by atoms with Crippen molar-refractivity contribution in [2.24, 2.45) is 0 Å². The van der Waals surface area contributed by atoms with Crippen molar-refractivity contribution in [2.75, 3.05) is 0 Å². The van der Waals surface area contributed by atoms with Gasteiger partial charge in [0.2, 0.25) is 0 Å². The van der Waals surface area contributed by atoms with Gasteiger partial charge in [-0.1, -0.05) is 15.9 Å². The molecule has 0 aliphatic heterocycles. The van der Waals surface area contributed by atoms with Gasteiger partial charge in [0.15, 0.2) is 0 Å². The Hall–Kier alpha value is -0.780. The van der Waals surface area contributed by atoms with Crippen LogP contribution in [0, 0.1) is 5.82 Å². The maximum Gasteiger partial charge on any atom is 0.129 e. The van der Waals surface area contributed by atoms with E-state index in [9.17, 15) is 9.50 Å². The third-order valence-corrected chi connectivity index (χ3v) is 3.46. The van der Waals surface area contributed by atoms with Crippen LogP contribution in [0.15, 0.2) is 34.2 Å². The molecule has 1 heterocycles. The molecule has 0 saturated carbocycles. The third-order valence-electron chi connectivity index (χ3n) is 2.17. The molecule has 1 aromatic carbocycles. The summed E-state index contributed by atoms with van der Waals surface area (Å²) in [5.74, 6) is -0.396. The first-order valence-corrected chi connectivity index (χ1v) is 6.35. The number of nitrogens with zero attached hydrogens (tertiary/aromatic N) is 1. The molecule has 1 unspecified atom stereocenters. The van der Waals surface area contributed by atoms with Crippen LogP contribution in [0.1, 0.15) is 16.7 Å². The Bertz CT molecular complexity index is 475. The molecule has 1 aromatic heterocycles. The SMILES string of the molecule is OC(Cc1nccs1)c1cc(Br)ccc1F. The molecule has 1 atom stereocenters. The van der Waals surface area contributed by atoms with Gasteiger partial charge in [-0.05, 0) is 18.2 Å². The van der Waals surface area contributed by atoms with E-state index >= 15 is 0 Å². The van der Waals surface area contributed by atoms with Crippen LogP contribution in [0.2, 0.25) is 0 Å². The van der Waals surface area contributed by atoms with Gasteiger partial charge in [-0.2, -0.15) is 0 Å². The maximum absolute atomic E-state index is 13.5. The first-order valence-electron chi connectivity index (χ1n) is 4.68. The number of rotatable bonds is 3. The monoisotopic (exact) mass is 301 g/mol. The standard InChI is InChI=1S/C11H9BrFNOS/c12-7-1-2-9(13)8(5-7)10(15)6-11-14-3-4-16-11/h1-5,10,15H,6H2. The van der Waals surface area contributed by atoms with E-state index in [1.54, 1.807) is 18.3 Å². The largest absolute Gasteiger partial charge is 0.388 e. The second-order valence-corrected chi connectivity index (χ2v) is 5.21. The van der Waals surface area contributed by atoms with Gasteiger partial charge in [0, 0.05) is 28.0 Å². The van der Waals surface area contributed by atoms with Crippen LogP contribution in [0.5, 0.6) is 0 Å². The Morgan fingerprint density at radius 2 is 2.31 bits per heavy atom. The zero-order chi connectivity index (χ0) is 11.5. The molecule has 84 valence electrons. The van der Waals surface area contributed by atoms with Crippen LogP contribution in [0.4, 0.5) is 4.39 Å². The van der Waals surface area contributed by atoms with Crippen LogP contribution in [0.25, 0.3) is 0 Å². The molecule has 0 amide bonds. The highest BCUT2D eigenvalue weighted by Gasteiger charge is 2.14. The number of aromatic nitrogens is 1. The fourth-order valence-corrected chi connectivity index (χ4v) is 2.43. The molecule has 1 N–H and O–H groups in total. The predicted octanol–water partition coefficient (Wildman–Crippen LogP) is 3.32. The molecule has 0 saturated heterocycles. The minimum Gasteiger partial charge on any atom is -0.388 e. The minimum atomic E-state index is -0.858. The number of halogens is 2. The number of hydrogen-bond acceptors (Lipinski definition) is 3. The average molecular weight is 302 g/mol. The van der Waals surface area contributed by atoms with Gasteiger partial charge in [0.1, 0.15) is 5.82 Å². The summed E-state index contributed by atoms with van der Waals surface area (Å²) in [5, 5.41) is 12.5. The summed E-state index contributed by atoms with van der Waals surface area (Å²) >= 11 is 4.70. The lowest BCUT2D eigenvalue weighted by Crippen LogP contribution is -2.04. The predicted molar refractivity (Wildman–Crippen MR) is 64.9 cm³/mol. The first kappa shape index (κ1) is 11.7. The van der Waals surface area contributed by atoms with Gasteiger partial charge in [0.25, 0.3) is 0 Å². The van der Waals surface area contributed by atoms with Crippen molar-refractivity contribution in [3.05, 3.63) is 50.6 Å². The minimum absolute atomic E-state index is 0.296. The molecular formula is C11H9BrFNOS. The van der Waals surface area contributed by atoms with E-state index in [2.05, 4.69) is 20.9 Å². The van der Waals surface area contributed by atoms with Gasteiger partial charge < -0.3 is 5.11 Å². The summed E-state index contributed by atoms with van der Waals surface area (Å²) < 4.78 is 14.2. The van der Waals surface area contributed by atoms with E-state index in [0.29, 0.717) is 12.0 Å². The fourth-order valence-electron chi connectivity index (χ4n) is 1.40. The number of aliphatic hydroxyl groups is 1. The molecule has 16 heavy (non-hydrogen) atoms. The van der Waals surface area contributed by atoms with Gasteiger partial charge in [-0.25, -0.2) is 9.37 Å². The van der Waals surface area contributed by atoms with E-state index in [4.69, 9.17) is 0 Å². The maximum atomic E-state index is 13.5. The molecule has 0 spiro atoms. The summed E-state index contributed by atoms with van der Waals surface area (Å²) in [6, 6.07) is 4.53. The topological polar surface area (TPSA) is 33.1 Å². The smallest absolute Gasteiger partial charge is 0.129 e.